The third kappa shape index (κ3) is 4.11. The largest absolute Gasteiger partial charge is 0.504 e. The molecule has 0 fully saturated rings. The fourth-order valence-electron chi connectivity index (χ4n) is 3.16. The molecule has 27 heavy (non-hydrogen) atoms. The van der Waals surface area contributed by atoms with E-state index >= 15 is 0 Å². The second-order valence-electron chi connectivity index (χ2n) is 6.40. The number of hydrogen-bond acceptors (Lipinski definition) is 5. The summed E-state index contributed by atoms with van der Waals surface area (Å²) >= 11 is 0. The minimum absolute atomic E-state index is 0.0498. The number of hydrogen-bond donors (Lipinski definition) is 3. The van der Waals surface area contributed by atoms with Gasteiger partial charge >= 0.3 is 0 Å². The highest BCUT2D eigenvalue weighted by atomic mass is 16.5. The maximum atomic E-state index is 10.5. The molecular formula is C21H27N4O2+. The zero-order valence-corrected chi connectivity index (χ0v) is 16.1. The first-order chi connectivity index (χ1) is 13.2. The normalized spacial score (nSPS) is 11.1. The highest BCUT2D eigenvalue weighted by Crippen LogP contribution is 2.36. The predicted molar refractivity (Wildman–Crippen MR) is 109 cm³/mol. The summed E-state index contributed by atoms with van der Waals surface area (Å²) in [6.45, 7) is 8.44. The van der Waals surface area contributed by atoms with Crippen molar-refractivity contribution in [2.45, 2.75) is 13.8 Å². The van der Waals surface area contributed by atoms with Gasteiger partial charge in [-0.15, -0.1) is 0 Å². The van der Waals surface area contributed by atoms with Crippen molar-refractivity contribution in [3.8, 4) is 22.9 Å². The van der Waals surface area contributed by atoms with Crippen LogP contribution < -0.4 is 15.0 Å². The molecule has 0 unspecified atom stereocenters. The molecule has 6 nitrogen and oxygen atoms in total. The first-order valence-electron chi connectivity index (χ1n) is 9.38. The van der Waals surface area contributed by atoms with E-state index in [1.54, 1.807) is 12.1 Å². The number of aromatic nitrogens is 2. The summed E-state index contributed by atoms with van der Waals surface area (Å²) in [5.41, 5.74) is 1.39. The van der Waals surface area contributed by atoms with Gasteiger partial charge < -0.3 is 20.1 Å². The molecule has 0 bridgehead atoms. The number of nitrogens with zero attached hydrogens (tertiary/aromatic N) is 2. The lowest BCUT2D eigenvalue weighted by molar-refractivity contribution is -0.894. The van der Waals surface area contributed by atoms with Crippen LogP contribution in [0.2, 0.25) is 0 Å². The monoisotopic (exact) mass is 367 g/mol. The van der Waals surface area contributed by atoms with Gasteiger partial charge in [-0.1, -0.05) is 18.2 Å². The number of methoxy groups -OCH3 is 1. The van der Waals surface area contributed by atoms with Crippen molar-refractivity contribution in [1.82, 2.24) is 9.97 Å². The lowest BCUT2D eigenvalue weighted by atomic mass is 10.1. The molecule has 0 saturated carbocycles. The van der Waals surface area contributed by atoms with Gasteiger partial charge in [-0.2, -0.15) is 0 Å². The number of phenols is 1. The van der Waals surface area contributed by atoms with Crippen LogP contribution in [0.1, 0.15) is 13.8 Å². The SMILES string of the molecule is CC[NH+](CC)CCNc1nc(-c2cccc(OC)c2O)nc2ccccc12. The van der Waals surface area contributed by atoms with Crippen molar-refractivity contribution in [2.24, 2.45) is 0 Å². The number of nitrogens with one attached hydrogen (secondary N) is 2. The van der Waals surface area contributed by atoms with E-state index in [0.29, 0.717) is 17.1 Å². The molecule has 142 valence electrons. The average molecular weight is 367 g/mol. The van der Waals surface area contributed by atoms with Gasteiger partial charge in [0.1, 0.15) is 5.82 Å². The smallest absolute Gasteiger partial charge is 0.168 e. The molecule has 0 atom stereocenters. The Morgan fingerprint density at radius 3 is 2.56 bits per heavy atom. The maximum Gasteiger partial charge on any atom is 0.168 e. The Bertz CT molecular complexity index is 910. The summed E-state index contributed by atoms with van der Waals surface area (Å²) in [6.07, 6.45) is 0. The molecule has 0 saturated heterocycles. The first kappa shape index (κ1) is 18.9. The van der Waals surface area contributed by atoms with Crippen LogP contribution in [0.4, 0.5) is 5.82 Å². The van der Waals surface area contributed by atoms with Gasteiger partial charge in [-0.05, 0) is 38.1 Å². The number of likely N-dealkylation sites (N-methyl/N-ethyl adjacent to an activating group) is 1. The molecule has 0 aliphatic rings. The van der Waals surface area contributed by atoms with E-state index in [0.717, 1.165) is 42.9 Å². The van der Waals surface area contributed by atoms with E-state index in [1.807, 2.05) is 30.3 Å². The van der Waals surface area contributed by atoms with Gasteiger partial charge in [-0.3, -0.25) is 0 Å². The molecule has 0 spiro atoms. The zero-order chi connectivity index (χ0) is 19.2. The second kappa shape index (κ2) is 8.68. The first-order valence-corrected chi connectivity index (χ1v) is 9.38. The lowest BCUT2D eigenvalue weighted by Crippen LogP contribution is -3.12. The molecule has 2 aromatic carbocycles. The molecule has 6 heteroatoms. The minimum atomic E-state index is 0.0498. The van der Waals surface area contributed by atoms with Crippen LogP contribution in [0.15, 0.2) is 42.5 Å². The highest BCUT2D eigenvalue weighted by molar-refractivity contribution is 5.91. The molecule has 3 aromatic rings. The number of anilines is 1. The lowest BCUT2D eigenvalue weighted by Gasteiger charge is -2.17. The van der Waals surface area contributed by atoms with Crippen LogP contribution in [0.3, 0.4) is 0 Å². The number of para-hydroxylation sites is 2. The van der Waals surface area contributed by atoms with Crippen molar-refractivity contribution in [3.05, 3.63) is 42.5 Å². The molecule has 0 amide bonds. The van der Waals surface area contributed by atoms with E-state index in [-0.39, 0.29) is 5.75 Å². The van der Waals surface area contributed by atoms with Crippen molar-refractivity contribution in [3.63, 3.8) is 0 Å². The van der Waals surface area contributed by atoms with Gasteiger partial charge in [0.2, 0.25) is 0 Å². The van der Waals surface area contributed by atoms with Gasteiger partial charge in [0.25, 0.3) is 0 Å². The molecule has 0 radical (unpaired) electrons. The third-order valence-corrected chi connectivity index (χ3v) is 4.83. The Morgan fingerprint density at radius 1 is 1.04 bits per heavy atom. The van der Waals surface area contributed by atoms with Gasteiger partial charge in [-0.25, -0.2) is 9.97 Å². The van der Waals surface area contributed by atoms with Gasteiger partial charge in [0.15, 0.2) is 17.3 Å². The van der Waals surface area contributed by atoms with Gasteiger partial charge in [0, 0.05) is 5.39 Å². The van der Waals surface area contributed by atoms with Crippen LogP contribution in [-0.2, 0) is 0 Å². The standard InChI is InChI=1S/C21H26N4O2/c1-4-25(5-2)14-13-22-20-15-9-6-7-11-17(15)23-21(24-20)16-10-8-12-18(27-3)19(16)26/h6-12,26H,4-5,13-14H2,1-3H3,(H,22,23,24)/p+1. The fraction of sp³-hybridized carbons (Fsp3) is 0.333. The van der Waals surface area contributed by atoms with Crippen LogP contribution in [0.5, 0.6) is 11.5 Å². The fourth-order valence-corrected chi connectivity index (χ4v) is 3.16. The highest BCUT2D eigenvalue weighted by Gasteiger charge is 2.15. The molecule has 0 aliphatic heterocycles. The van der Waals surface area contributed by atoms with Crippen LogP contribution in [-0.4, -0.2) is 48.4 Å². The average Bonchev–Trinajstić information content (AvgIpc) is 2.71. The number of ether oxygens (including phenoxy) is 1. The zero-order valence-electron chi connectivity index (χ0n) is 16.1. The Labute approximate surface area is 159 Å². The summed E-state index contributed by atoms with van der Waals surface area (Å²) in [4.78, 5) is 10.9. The Kier molecular flexibility index (Phi) is 6.08. The van der Waals surface area contributed by atoms with E-state index < -0.39 is 0 Å². The maximum absolute atomic E-state index is 10.5. The van der Waals surface area contributed by atoms with E-state index in [4.69, 9.17) is 9.72 Å². The molecule has 0 aliphatic carbocycles. The van der Waals surface area contributed by atoms with E-state index in [2.05, 4.69) is 24.1 Å². The summed E-state index contributed by atoms with van der Waals surface area (Å²) in [6, 6.07) is 13.2. The molecule has 1 aromatic heterocycles. The van der Waals surface area contributed by atoms with Crippen LogP contribution in [0.25, 0.3) is 22.3 Å². The summed E-state index contributed by atoms with van der Waals surface area (Å²) in [7, 11) is 1.53. The summed E-state index contributed by atoms with van der Waals surface area (Å²) in [5, 5.41) is 14.9. The summed E-state index contributed by atoms with van der Waals surface area (Å²) in [5.74, 6) is 1.71. The van der Waals surface area contributed by atoms with Crippen LogP contribution >= 0.6 is 0 Å². The quantitative estimate of drug-likeness (QED) is 0.570. The van der Waals surface area contributed by atoms with Crippen molar-refractivity contribution < 1.29 is 14.7 Å². The molecule has 3 rings (SSSR count). The van der Waals surface area contributed by atoms with Crippen molar-refractivity contribution in [1.29, 1.82) is 0 Å². The third-order valence-electron chi connectivity index (χ3n) is 4.83. The van der Waals surface area contributed by atoms with E-state index in [1.165, 1.54) is 12.0 Å². The van der Waals surface area contributed by atoms with Gasteiger partial charge in [0.05, 0.1) is 44.4 Å². The number of quaternary nitrogens is 1. The van der Waals surface area contributed by atoms with Crippen molar-refractivity contribution >= 4 is 16.7 Å². The Balaban J connectivity index is 1.98. The minimum Gasteiger partial charge on any atom is -0.504 e. The summed E-state index contributed by atoms with van der Waals surface area (Å²) < 4.78 is 5.22. The number of phenolic OH excluding ortho intramolecular Hbond substituents is 1. The molecule has 1 heterocycles. The number of aromatic hydroxyl groups is 1. The predicted octanol–water partition coefficient (Wildman–Crippen LogP) is 2.35. The van der Waals surface area contributed by atoms with E-state index in [9.17, 15) is 5.11 Å². The number of rotatable bonds is 8. The Hall–Kier alpha value is -2.86. The molecular weight excluding hydrogens is 340 g/mol. The van der Waals surface area contributed by atoms with Crippen LogP contribution in [0, 0.1) is 0 Å². The van der Waals surface area contributed by atoms with Crippen molar-refractivity contribution in [2.75, 3.05) is 38.6 Å². The second-order valence-corrected chi connectivity index (χ2v) is 6.40. The Morgan fingerprint density at radius 2 is 1.81 bits per heavy atom. The number of fused-ring (bicyclic) bond motifs is 1. The topological polar surface area (TPSA) is 71.7 Å². The molecule has 3 N–H and O–H groups in total. The number of benzene rings is 2.